The molecule has 1 unspecified atom stereocenters. The van der Waals surface area contributed by atoms with Gasteiger partial charge in [-0.15, -0.1) is 0 Å². The number of rotatable bonds is 4. The Balaban J connectivity index is 2.39. The van der Waals surface area contributed by atoms with Crippen LogP contribution in [-0.4, -0.2) is 22.7 Å². The van der Waals surface area contributed by atoms with Gasteiger partial charge in [-0.1, -0.05) is 0 Å². The minimum absolute atomic E-state index is 0.424. The third-order valence-corrected chi connectivity index (χ3v) is 1.93. The molecule has 0 aliphatic rings. The third kappa shape index (κ3) is 2.77. The van der Waals surface area contributed by atoms with E-state index in [1.807, 2.05) is 6.92 Å². The fourth-order valence-electron chi connectivity index (χ4n) is 0.914. The van der Waals surface area contributed by atoms with E-state index in [0.717, 1.165) is 11.3 Å². The maximum Gasteiger partial charge on any atom is 0.253 e. The maximum absolute atomic E-state index is 12.1. The van der Waals surface area contributed by atoms with Gasteiger partial charge in [0, 0.05) is 17.8 Å². The standard InChI is InChI=1S/C8H13F2N3/c1-5-7(4-12-13-5)3-11-6(2)8(9)10/h4,6,8,11H,3H2,1-2H3,(H,12,13). The highest BCUT2D eigenvalue weighted by atomic mass is 19.3. The van der Waals surface area contributed by atoms with Gasteiger partial charge in [0.25, 0.3) is 6.43 Å². The van der Waals surface area contributed by atoms with Crippen LogP contribution in [0.3, 0.4) is 0 Å². The lowest BCUT2D eigenvalue weighted by Gasteiger charge is -2.11. The first kappa shape index (κ1) is 10.1. The zero-order valence-corrected chi connectivity index (χ0v) is 7.64. The summed E-state index contributed by atoms with van der Waals surface area (Å²) in [7, 11) is 0. The third-order valence-electron chi connectivity index (χ3n) is 1.93. The summed E-state index contributed by atoms with van der Waals surface area (Å²) in [6.07, 6.45) is -0.687. The van der Waals surface area contributed by atoms with E-state index in [2.05, 4.69) is 15.5 Å². The van der Waals surface area contributed by atoms with Crippen molar-refractivity contribution in [3.63, 3.8) is 0 Å². The average Bonchev–Trinajstić information content (AvgIpc) is 2.47. The molecule has 2 N–H and O–H groups in total. The lowest BCUT2D eigenvalue weighted by atomic mass is 10.2. The van der Waals surface area contributed by atoms with Crippen molar-refractivity contribution in [3.8, 4) is 0 Å². The summed E-state index contributed by atoms with van der Waals surface area (Å²) in [5.74, 6) is 0. The van der Waals surface area contributed by atoms with Gasteiger partial charge in [0.15, 0.2) is 0 Å². The number of nitrogens with zero attached hydrogens (tertiary/aromatic N) is 1. The van der Waals surface area contributed by atoms with Crippen molar-refractivity contribution in [1.82, 2.24) is 15.5 Å². The molecule has 1 aromatic heterocycles. The Morgan fingerprint density at radius 2 is 2.31 bits per heavy atom. The van der Waals surface area contributed by atoms with Crippen molar-refractivity contribution < 1.29 is 8.78 Å². The molecule has 13 heavy (non-hydrogen) atoms. The molecule has 0 saturated heterocycles. The van der Waals surface area contributed by atoms with E-state index in [1.165, 1.54) is 6.92 Å². The second-order valence-electron chi connectivity index (χ2n) is 3.02. The normalized spacial score (nSPS) is 13.6. The predicted octanol–water partition coefficient (Wildman–Crippen LogP) is 1.46. The van der Waals surface area contributed by atoms with E-state index < -0.39 is 12.5 Å². The van der Waals surface area contributed by atoms with Crippen LogP contribution in [0.4, 0.5) is 8.78 Å². The van der Waals surface area contributed by atoms with Gasteiger partial charge in [-0.05, 0) is 13.8 Å². The molecule has 1 atom stereocenters. The molecule has 0 fully saturated rings. The molecule has 0 spiro atoms. The number of nitrogens with one attached hydrogen (secondary N) is 2. The van der Waals surface area contributed by atoms with Gasteiger partial charge >= 0.3 is 0 Å². The number of alkyl halides is 2. The van der Waals surface area contributed by atoms with Gasteiger partial charge in [0.2, 0.25) is 0 Å². The summed E-state index contributed by atoms with van der Waals surface area (Å²) in [5.41, 5.74) is 1.83. The quantitative estimate of drug-likeness (QED) is 0.752. The van der Waals surface area contributed by atoms with E-state index in [1.54, 1.807) is 6.20 Å². The fraction of sp³-hybridized carbons (Fsp3) is 0.625. The summed E-state index contributed by atoms with van der Waals surface area (Å²) in [4.78, 5) is 0. The first-order valence-corrected chi connectivity index (χ1v) is 4.11. The molecule has 1 aromatic rings. The highest BCUT2D eigenvalue weighted by Crippen LogP contribution is 2.04. The van der Waals surface area contributed by atoms with E-state index in [4.69, 9.17) is 0 Å². The Kier molecular flexibility index (Phi) is 3.36. The summed E-state index contributed by atoms with van der Waals surface area (Å²) in [6, 6.07) is -0.783. The largest absolute Gasteiger partial charge is 0.305 e. The topological polar surface area (TPSA) is 40.7 Å². The molecule has 0 radical (unpaired) electrons. The molecule has 0 aromatic carbocycles. The molecule has 5 heteroatoms. The zero-order valence-electron chi connectivity index (χ0n) is 7.64. The zero-order chi connectivity index (χ0) is 9.84. The van der Waals surface area contributed by atoms with Crippen LogP contribution >= 0.6 is 0 Å². The minimum atomic E-state index is -2.33. The smallest absolute Gasteiger partial charge is 0.253 e. The van der Waals surface area contributed by atoms with Crippen LogP contribution < -0.4 is 5.32 Å². The SMILES string of the molecule is Cc1[nH]ncc1CNC(C)C(F)F. The van der Waals surface area contributed by atoms with E-state index in [0.29, 0.717) is 6.54 Å². The van der Waals surface area contributed by atoms with Crippen LogP contribution in [0.15, 0.2) is 6.20 Å². The first-order chi connectivity index (χ1) is 6.11. The van der Waals surface area contributed by atoms with Crippen LogP contribution in [0.1, 0.15) is 18.2 Å². The van der Waals surface area contributed by atoms with Crippen molar-refractivity contribution >= 4 is 0 Å². The van der Waals surface area contributed by atoms with Crippen LogP contribution in [0.5, 0.6) is 0 Å². The Bertz CT molecular complexity index is 260. The van der Waals surface area contributed by atoms with Crippen molar-refractivity contribution in [2.24, 2.45) is 0 Å². The molecule has 0 aliphatic heterocycles. The van der Waals surface area contributed by atoms with Gasteiger partial charge in [-0.25, -0.2) is 8.78 Å². The van der Waals surface area contributed by atoms with E-state index >= 15 is 0 Å². The molecule has 1 rings (SSSR count). The van der Waals surface area contributed by atoms with Crippen molar-refractivity contribution in [2.45, 2.75) is 32.9 Å². The van der Waals surface area contributed by atoms with Gasteiger partial charge in [-0.2, -0.15) is 5.10 Å². The Morgan fingerprint density at radius 1 is 1.62 bits per heavy atom. The van der Waals surface area contributed by atoms with E-state index in [-0.39, 0.29) is 0 Å². The van der Waals surface area contributed by atoms with Crippen LogP contribution in [0.25, 0.3) is 0 Å². The lowest BCUT2D eigenvalue weighted by molar-refractivity contribution is 0.105. The van der Waals surface area contributed by atoms with Crippen LogP contribution in [0, 0.1) is 6.92 Å². The van der Waals surface area contributed by atoms with Gasteiger partial charge in [0.05, 0.1) is 12.2 Å². The Morgan fingerprint density at radius 3 is 2.77 bits per heavy atom. The Hall–Kier alpha value is -0.970. The van der Waals surface area contributed by atoms with E-state index in [9.17, 15) is 8.78 Å². The van der Waals surface area contributed by atoms with Crippen LogP contribution in [0.2, 0.25) is 0 Å². The maximum atomic E-state index is 12.1. The highest BCUT2D eigenvalue weighted by molar-refractivity contribution is 5.13. The average molecular weight is 189 g/mol. The van der Waals surface area contributed by atoms with Crippen molar-refractivity contribution in [2.75, 3.05) is 0 Å². The second-order valence-corrected chi connectivity index (χ2v) is 3.02. The summed E-state index contributed by atoms with van der Waals surface area (Å²) in [5, 5.41) is 9.25. The van der Waals surface area contributed by atoms with Gasteiger partial charge < -0.3 is 5.32 Å². The summed E-state index contributed by atoms with van der Waals surface area (Å²) < 4.78 is 24.1. The summed E-state index contributed by atoms with van der Waals surface area (Å²) >= 11 is 0. The minimum Gasteiger partial charge on any atom is -0.305 e. The first-order valence-electron chi connectivity index (χ1n) is 4.11. The van der Waals surface area contributed by atoms with Gasteiger partial charge in [0.1, 0.15) is 0 Å². The number of hydrogen-bond acceptors (Lipinski definition) is 2. The molecule has 3 nitrogen and oxygen atoms in total. The fourth-order valence-corrected chi connectivity index (χ4v) is 0.914. The molecule has 0 amide bonds. The van der Waals surface area contributed by atoms with Gasteiger partial charge in [-0.3, -0.25) is 5.10 Å². The molecular weight excluding hydrogens is 176 g/mol. The molecule has 0 saturated carbocycles. The molecule has 0 bridgehead atoms. The molecule has 0 aliphatic carbocycles. The second kappa shape index (κ2) is 4.32. The lowest BCUT2D eigenvalue weighted by Crippen LogP contribution is -2.32. The molecule has 1 heterocycles. The monoisotopic (exact) mass is 189 g/mol. The number of aromatic nitrogens is 2. The predicted molar refractivity (Wildman–Crippen MR) is 45.6 cm³/mol. The molecule has 74 valence electrons. The number of halogens is 2. The Labute approximate surface area is 75.5 Å². The molecular formula is C8H13F2N3. The van der Waals surface area contributed by atoms with Crippen molar-refractivity contribution in [1.29, 1.82) is 0 Å². The van der Waals surface area contributed by atoms with Crippen molar-refractivity contribution in [3.05, 3.63) is 17.5 Å². The summed E-state index contributed by atoms with van der Waals surface area (Å²) in [6.45, 7) is 3.74. The highest BCUT2D eigenvalue weighted by Gasteiger charge is 2.13. The number of aryl methyl sites for hydroxylation is 1. The number of aromatic amines is 1. The number of hydrogen-bond donors (Lipinski definition) is 2. The van der Waals surface area contributed by atoms with Crippen LogP contribution in [-0.2, 0) is 6.54 Å². The number of H-pyrrole nitrogens is 1.